The van der Waals surface area contributed by atoms with Crippen LogP contribution in [0.1, 0.15) is 0 Å². The summed E-state index contributed by atoms with van der Waals surface area (Å²) in [6, 6.07) is 9.32. The summed E-state index contributed by atoms with van der Waals surface area (Å²) in [7, 11) is 0. The van der Waals surface area contributed by atoms with Crippen LogP contribution in [0.4, 0.5) is 22.7 Å². The molecule has 0 aromatic heterocycles. The Morgan fingerprint density at radius 2 is 1.70 bits per heavy atom. The highest BCUT2D eigenvalue weighted by Gasteiger charge is 2.10. The Bertz CT molecular complexity index is 664. The Labute approximate surface area is 124 Å². The van der Waals surface area contributed by atoms with E-state index in [1.54, 1.807) is 24.3 Å². The predicted molar refractivity (Wildman–Crippen MR) is 80.7 cm³/mol. The lowest BCUT2D eigenvalue weighted by molar-refractivity contribution is -0.384. The van der Waals surface area contributed by atoms with E-state index in [4.69, 9.17) is 29.0 Å². The summed E-state index contributed by atoms with van der Waals surface area (Å²) < 4.78 is 0. The van der Waals surface area contributed by atoms with Gasteiger partial charge in [0.15, 0.2) is 0 Å². The van der Waals surface area contributed by atoms with Crippen molar-refractivity contribution in [3.63, 3.8) is 0 Å². The van der Waals surface area contributed by atoms with E-state index >= 15 is 0 Å². The van der Waals surface area contributed by atoms with Gasteiger partial charge in [-0.2, -0.15) is 0 Å². The highest BCUT2D eigenvalue weighted by Crippen LogP contribution is 2.29. The summed E-state index contributed by atoms with van der Waals surface area (Å²) >= 11 is 11.7. The van der Waals surface area contributed by atoms with Gasteiger partial charge >= 0.3 is 0 Å². The molecule has 0 amide bonds. The molecule has 104 valence electrons. The number of hydrogen-bond donors (Lipinski definition) is 3. The van der Waals surface area contributed by atoms with Crippen LogP contribution in [0.3, 0.4) is 0 Å². The molecule has 0 bridgehead atoms. The molecule has 0 fully saturated rings. The molecular formula is C12H10Cl2N4O2. The zero-order chi connectivity index (χ0) is 14.7. The Morgan fingerprint density at radius 1 is 1.00 bits per heavy atom. The standard InChI is InChI=1S/C12H10Cl2N4O2/c13-11-2-1-7(6-12(11)14)16-8-3-9(17-15)5-10(4-8)18(19)20/h1-6,16-17H,15H2. The Kier molecular flexibility index (Phi) is 4.29. The second-order valence-corrected chi connectivity index (χ2v) is 4.74. The molecule has 0 aliphatic rings. The first-order chi connectivity index (χ1) is 9.49. The maximum absolute atomic E-state index is 10.8. The molecule has 0 saturated carbocycles. The fraction of sp³-hybridized carbons (Fsp3) is 0. The van der Waals surface area contributed by atoms with E-state index in [1.165, 1.54) is 12.1 Å². The molecule has 4 N–H and O–H groups in total. The number of hydrogen-bond acceptors (Lipinski definition) is 5. The third-order valence-corrected chi connectivity index (χ3v) is 3.24. The average Bonchev–Trinajstić information content (AvgIpc) is 2.42. The normalized spacial score (nSPS) is 10.2. The number of rotatable bonds is 4. The van der Waals surface area contributed by atoms with E-state index in [0.29, 0.717) is 27.1 Å². The van der Waals surface area contributed by atoms with Gasteiger partial charge in [-0.3, -0.25) is 16.0 Å². The van der Waals surface area contributed by atoms with Gasteiger partial charge in [-0.25, -0.2) is 0 Å². The van der Waals surface area contributed by atoms with Gasteiger partial charge in [-0.05, 0) is 24.3 Å². The second kappa shape index (κ2) is 5.96. The number of hydrazine groups is 1. The van der Waals surface area contributed by atoms with Gasteiger partial charge in [0.1, 0.15) is 0 Å². The van der Waals surface area contributed by atoms with Crippen LogP contribution >= 0.6 is 23.2 Å². The van der Waals surface area contributed by atoms with Crippen LogP contribution in [-0.2, 0) is 0 Å². The van der Waals surface area contributed by atoms with Crippen molar-refractivity contribution in [3.8, 4) is 0 Å². The van der Waals surface area contributed by atoms with E-state index in [2.05, 4.69) is 10.7 Å². The maximum atomic E-state index is 10.8. The topological polar surface area (TPSA) is 93.2 Å². The Hall–Kier alpha value is -2.02. The number of nitrogens with two attached hydrogens (primary N) is 1. The second-order valence-electron chi connectivity index (χ2n) is 3.92. The summed E-state index contributed by atoms with van der Waals surface area (Å²) in [6.07, 6.45) is 0. The minimum Gasteiger partial charge on any atom is -0.355 e. The largest absolute Gasteiger partial charge is 0.355 e. The monoisotopic (exact) mass is 312 g/mol. The van der Waals surface area contributed by atoms with Gasteiger partial charge in [0.25, 0.3) is 5.69 Å². The molecular weight excluding hydrogens is 303 g/mol. The zero-order valence-electron chi connectivity index (χ0n) is 10.1. The summed E-state index contributed by atoms with van der Waals surface area (Å²) in [6.45, 7) is 0. The van der Waals surface area contributed by atoms with Crippen LogP contribution in [0.2, 0.25) is 10.0 Å². The van der Waals surface area contributed by atoms with Crippen LogP contribution in [0.15, 0.2) is 36.4 Å². The summed E-state index contributed by atoms with van der Waals surface area (Å²) in [5.41, 5.74) is 3.88. The van der Waals surface area contributed by atoms with Gasteiger partial charge in [0.2, 0.25) is 0 Å². The Morgan fingerprint density at radius 3 is 2.30 bits per heavy atom. The van der Waals surface area contributed by atoms with Crippen molar-refractivity contribution >= 4 is 46.0 Å². The smallest absolute Gasteiger partial charge is 0.273 e. The summed E-state index contributed by atoms with van der Waals surface area (Å²) in [5, 5.41) is 14.7. The first-order valence-corrected chi connectivity index (χ1v) is 6.23. The molecule has 0 unspecified atom stereocenters. The number of nitrogen functional groups attached to an aromatic ring is 1. The van der Waals surface area contributed by atoms with Gasteiger partial charge in [0.05, 0.1) is 20.7 Å². The maximum Gasteiger partial charge on any atom is 0.273 e. The zero-order valence-corrected chi connectivity index (χ0v) is 11.6. The lowest BCUT2D eigenvalue weighted by atomic mass is 10.2. The van der Waals surface area contributed by atoms with Crippen LogP contribution in [0.5, 0.6) is 0 Å². The number of nitrogens with zero attached hydrogens (tertiary/aromatic N) is 1. The van der Waals surface area contributed by atoms with Crippen molar-refractivity contribution < 1.29 is 4.92 Å². The van der Waals surface area contributed by atoms with Crippen molar-refractivity contribution in [2.75, 3.05) is 10.7 Å². The molecule has 0 aliphatic carbocycles. The van der Waals surface area contributed by atoms with Gasteiger partial charge in [-0.1, -0.05) is 23.2 Å². The van der Waals surface area contributed by atoms with Crippen LogP contribution in [0, 0.1) is 10.1 Å². The van der Waals surface area contributed by atoms with E-state index in [1.807, 2.05) is 0 Å². The number of benzene rings is 2. The quantitative estimate of drug-likeness (QED) is 0.452. The molecule has 0 atom stereocenters. The van der Waals surface area contributed by atoms with Crippen LogP contribution in [-0.4, -0.2) is 4.92 Å². The number of halogens is 2. The molecule has 2 aromatic carbocycles. The molecule has 2 rings (SSSR count). The molecule has 0 aliphatic heterocycles. The lowest BCUT2D eigenvalue weighted by Crippen LogP contribution is -2.07. The Balaban J connectivity index is 2.34. The van der Waals surface area contributed by atoms with E-state index < -0.39 is 4.92 Å². The van der Waals surface area contributed by atoms with E-state index in [0.717, 1.165) is 0 Å². The van der Waals surface area contributed by atoms with Crippen molar-refractivity contribution in [2.24, 2.45) is 5.84 Å². The molecule has 0 radical (unpaired) electrons. The van der Waals surface area contributed by atoms with Crippen molar-refractivity contribution in [1.29, 1.82) is 0 Å². The first-order valence-electron chi connectivity index (χ1n) is 5.48. The molecule has 8 heteroatoms. The van der Waals surface area contributed by atoms with Gasteiger partial charge in [0, 0.05) is 23.5 Å². The minimum absolute atomic E-state index is 0.0805. The fourth-order valence-corrected chi connectivity index (χ4v) is 1.91. The molecule has 0 saturated heterocycles. The van der Waals surface area contributed by atoms with E-state index in [-0.39, 0.29) is 5.69 Å². The molecule has 0 heterocycles. The van der Waals surface area contributed by atoms with Crippen molar-refractivity contribution in [2.45, 2.75) is 0 Å². The van der Waals surface area contributed by atoms with Crippen molar-refractivity contribution in [3.05, 3.63) is 56.6 Å². The number of nitro benzene ring substituents is 1. The predicted octanol–water partition coefficient (Wildman–Crippen LogP) is 3.93. The van der Waals surface area contributed by atoms with E-state index in [9.17, 15) is 10.1 Å². The molecule has 0 spiro atoms. The van der Waals surface area contributed by atoms with Crippen LogP contribution < -0.4 is 16.6 Å². The number of non-ortho nitro benzene ring substituents is 1. The number of anilines is 3. The van der Waals surface area contributed by atoms with Crippen molar-refractivity contribution in [1.82, 2.24) is 0 Å². The summed E-state index contributed by atoms with van der Waals surface area (Å²) in [5.74, 6) is 5.29. The molecule has 6 nitrogen and oxygen atoms in total. The molecule has 2 aromatic rings. The summed E-state index contributed by atoms with van der Waals surface area (Å²) in [4.78, 5) is 10.3. The van der Waals surface area contributed by atoms with Gasteiger partial charge in [-0.15, -0.1) is 0 Å². The number of nitrogens with one attached hydrogen (secondary N) is 2. The third kappa shape index (κ3) is 3.30. The fourth-order valence-electron chi connectivity index (χ4n) is 1.61. The average molecular weight is 313 g/mol. The highest BCUT2D eigenvalue weighted by molar-refractivity contribution is 6.42. The minimum atomic E-state index is -0.499. The van der Waals surface area contributed by atoms with Gasteiger partial charge < -0.3 is 10.7 Å². The molecule has 20 heavy (non-hydrogen) atoms. The van der Waals surface area contributed by atoms with Crippen LogP contribution in [0.25, 0.3) is 0 Å². The first kappa shape index (κ1) is 14.4. The SMILES string of the molecule is NNc1cc(Nc2ccc(Cl)c(Cl)c2)cc([N+](=O)[O-])c1. The highest BCUT2D eigenvalue weighted by atomic mass is 35.5. The third-order valence-electron chi connectivity index (χ3n) is 2.50. The lowest BCUT2D eigenvalue weighted by Gasteiger charge is -2.09. The number of nitro groups is 1.